The third kappa shape index (κ3) is 7.00. The molecule has 0 unspecified atom stereocenters. The number of hydrogen-bond donors (Lipinski definition) is 6. The second-order valence-corrected chi connectivity index (χ2v) is 16.7. The summed E-state index contributed by atoms with van der Waals surface area (Å²) in [7, 11) is -9.42. The Morgan fingerprint density at radius 3 is 1.19 bits per heavy atom. The minimum atomic E-state index is -4.71. The molecule has 0 heterocycles. The largest absolute Gasteiger partial charge is 0.507 e. The third-order valence-corrected chi connectivity index (χ3v) is 11.8. The standard InChI is InChI=1S/C34H26I2N6O8S2/c1-15-11-17(3-7-21(15)39-41-23-13-27(51(45,46)47)29-19(35)5-9-25(43)31(29)33(23)37)18-4-8-22(16(2)12-18)40-42-24-14-28(52(48,49)50)30-20(36)6-10-26(44)32(30)34(24)38/h3-14,43-44H,37-38H2,1-2H3,(H,45,46,47)(H,48,49,50)/b41-39+,42-40+. The van der Waals surface area contributed by atoms with Gasteiger partial charge in [-0.1, -0.05) is 12.1 Å². The molecule has 266 valence electrons. The maximum absolute atomic E-state index is 12.2. The molecule has 0 aliphatic carbocycles. The lowest BCUT2D eigenvalue weighted by molar-refractivity contribution is 0.479. The van der Waals surface area contributed by atoms with E-state index in [0.29, 0.717) is 29.6 Å². The van der Waals surface area contributed by atoms with Crippen molar-refractivity contribution in [1.29, 1.82) is 0 Å². The Bertz CT molecular complexity index is 2600. The minimum absolute atomic E-state index is 0.0146. The molecular weight excluding hydrogens is 938 g/mol. The van der Waals surface area contributed by atoms with Crippen LogP contribution in [0.1, 0.15) is 11.1 Å². The number of nitrogens with two attached hydrogens (primary N) is 2. The van der Waals surface area contributed by atoms with Crippen LogP contribution in [0.25, 0.3) is 32.7 Å². The zero-order chi connectivity index (χ0) is 37.9. The molecular formula is C34H26I2N6O8S2. The number of aromatic hydroxyl groups is 2. The quantitative estimate of drug-likeness (QED) is 0.0383. The van der Waals surface area contributed by atoms with Gasteiger partial charge in [0.1, 0.15) is 32.7 Å². The number of rotatable bonds is 7. The van der Waals surface area contributed by atoms with E-state index in [4.69, 9.17) is 11.5 Å². The fraction of sp³-hybridized carbons (Fsp3) is 0.0588. The van der Waals surface area contributed by atoms with Crippen LogP contribution in [0.2, 0.25) is 0 Å². The monoisotopic (exact) mass is 964 g/mol. The molecule has 0 amide bonds. The second kappa shape index (κ2) is 13.8. The second-order valence-electron chi connectivity index (χ2n) is 11.6. The van der Waals surface area contributed by atoms with Gasteiger partial charge in [0.25, 0.3) is 20.2 Å². The molecule has 0 aliphatic heterocycles. The summed E-state index contributed by atoms with van der Waals surface area (Å²) in [5, 5.41) is 38.1. The fourth-order valence-corrected chi connectivity index (χ4v) is 8.95. The molecule has 0 bridgehead atoms. The van der Waals surface area contributed by atoms with Gasteiger partial charge in [-0.3, -0.25) is 9.11 Å². The SMILES string of the molecule is Cc1cc(-c2ccc(/N=N/c3cc(S(=O)(=O)O)c4c(I)ccc(O)c4c3N)c(C)c2)ccc1/N=N/c1cc(S(=O)(=O)O)c2c(I)ccc(O)c2c1N. The van der Waals surface area contributed by atoms with Crippen LogP contribution in [0.15, 0.2) is 103 Å². The van der Waals surface area contributed by atoms with Crippen LogP contribution in [-0.4, -0.2) is 36.2 Å². The topological polar surface area (TPSA) is 251 Å². The van der Waals surface area contributed by atoms with Crippen LogP contribution in [0, 0.1) is 21.0 Å². The molecule has 0 radical (unpaired) electrons. The smallest absolute Gasteiger partial charge is 0.295 e. The molecule has 0 aromatic heterocycles. The highest BCUT2D eigenvalue weighted by Gasteiger charge is 2.24. The first kappa shape index (κ1) is 37.3. The van der Waals surface area contributed by atoms with Gasteiger partial charge in [0, 0.05) is 17.9 Å². The molecule has 0 saturated heterocycles. The minimum Gasteiger partial charge on any atom is -0.507 e. The van der Waals surface area contributed by atoms with E-state index in [9.17, 15) is 36.2 Å². The number of phenolic OH excluding ortho intramolecular Hbond substituents is 2. The normalized spacial score (nSPS) is 12.5. The van der Waals surface area contributed by atoms with Crippen LogP contribution >= 0.6 is 45.2 Å². The molecule has 6 rings (SSSR count). The van der Waals surface area contributed by atoms with Crippen molar-refractivity contribution < 1.29 is 36.2 Å². The van der Waals surface area contributed by atoms with Crippen molar-refractivity contribution in [3.05, 3.63) is 91.1 Å². The number of nitrogen functional groups attached to an aromatic ring is 2. The Morgan fingerprint density at radius 2 is 0.865 bits per heavy atom. The van der Waals surface area contributed by atoms with Crippen molar-refractivity contribution in [3.8, 4) is 22.6 Å². The van der Waals surface area contributed by atoms with Gasteiger partial charge < -0.3 is 21.7 Å². The summed E-state index contributed by atoms with van der Waals surface area (Å²) in [6.45, 7) is 3.62. The number of nitrogens with zero attached hydrogens (tertiary/aromatic N) is 4. The molecule has 0 aliphatic rings. The van der Waals surface area contributed by atoms with E-state index >= 15 is 0 Å². The van der Waals surface area contributed by atoms with Crippen molar-refractivity contribution in [2.24, 2.45) is 20.5 Å². The van der Waals surface area contributed by atoms with Gasteiger partial charge in [-0.15, -0.1) is 10.2 Å². The first-order valence-corrected chi connectivity index (χ1v) is 19.9. The zero-order valence-electron chi connectivity index (χ0n) is 26.9. The summed E-state index contributed by atoms with van der Waals surface area (Å²) in [6, 6.07) is 18.7. The summed E-state index contributed by atoms with van der Waals surface area (Å²) in [5.41, 5.74) is 16.4. The molecule has 18 heteroatoms. The van der Waals surface area contributed by atoms with Gasteiger partial charge >= 0.3 is 0 Å². The van der Waals surface area contributed by atoms with Crippen molar-refractivity contribution >= 4 is 121 Å². The molecule has 14 nitrogen and oxygen atoms in total. The van der Waals surface area contributed by atoms with E-state index in [2.05, 4.69) is 20.5 Å². The Hall–Kier alpha value is -4.48. The number of halogens is 2. The van der Waals surface area contributed by atoms with Gasteiger partial charge in [-0.25, -0.2) is 0 Å². The third-order valence-electron chi connectivity index (χ3n) is 8.20. The summed E-state index contributed by atoms with van der Waals surface area (Å²) in [5.74, 6) is -0.560. The van der Waals surface area contributed by atoms with Crippen LogP contribution in [0.3, 0.4) is 0 Å². The molecule has 6 aromatic rings. The summed E-state index contributed by atoms with van der Waals surface area (Å²) < 4.78 is 69.7. The van der Waals surface area contributed by atoms with Gasteiger partial charge in [0.15, 0.2) is 0 Å². The molecule has 0 spiro atoms. The van der Waals surface area contributed by atoms with Crippen LogP contribution in [0.5, 0.6) is 11.5 Å². The summed E-state index contributed by atoms with van der Waals surface area (Å²) in [6.07, 6.45) is 0. The Morgan fingerprint density at radius 1 is 0.519 bits per heavy atom. The molecule has 52 heavy (non-hydrogen) atoms. The van der Waals surface area contributed by atoms with Gasteiger partial charge in [0.2, 0.25) is 0 Å². The van der Waals surface area contributed by atoms with E-state index in [-0.39, 0.29) is 55.8 Å². The van der Waals surface area contributed by atoms with E-state index in [1.807, 2.05) is 71.2 Å². The number of hydrogen-bond acceptors (Lipinski definition) is 12. The van der Waals surface area contributed by atoms with Gasteiger partial charge in [0.05, 0.1) is 33.5 Å². The van der Waals surface area contributed by atoms with E-state index in [0.717, 1.165) is 23.3 Å². The number of aryl methyl sites for hydroxylation is 2. The van der Waals surface area contributed by atoms with Crippen molar-refractivity contribution in [1.82, 2.24) is 0 Å². The van der Waals surface area contributed by atoms with Crippen LogP contribution in [-0.2, 0) is 20.2 Å². The number of azo groups is 2. The maximum Gasteiger partial charge on any atom is 0.295 e. The number of phenols is 2. The first-order valence-electron chi connectivity index (χ1n) is 14.8. The Kier molecular flexibility index (Phi) is 9.91. The van der Waals surface area contributed by atoms with Gasteiger partial charge in [-0.2, -0.15) is 27.1 Å². The molecule has 8 N–H and O–H groups in total. The lowest BCUT2D eigenvalue weighted by Gasteiger charge is -2.13. The predicted molar refractivity (Wildman–Crippen MR) is 215 cm³/mol. The average molecular weight is 965 g/mol. The maximum atomic E-state index is 12.2. The molecule has 0 atom stereocenters. The van der Waals surface area contributed by atoms with Gasteiger partial charge in [-0.05, 0) is 142 Å². The highest BCUT2D eigenvalue weighted by Crippen LogP contribution is 2.45. The Labute approximate surface area is 324 Å². The van der Waals surface area contributed by atoms with Crippen LogP contribution < -0.4 is 11.5 Å². The van der Waals surface area contributed by atoms with Crippen LogP contribution in [0.4, 0.5) is 34.1 Å². The van der Waals surface area contributed by atoms with E-state index in [1.54, 1.807) is 24.3 Å². The average Bonchev–Trinajstić information content (AvgIpc) is 3.06. The van der Waals surface area contributed by atoms with Crippen molar-refractivity contribution in [2.45, 2.75) is 23.6 Å². The molecule has 6 aromatic carbocycles. The molecule has 0 fully saturated rings. The Balaban J connectivity index is 1.31. The first-order chi connectivity index (χ1) is 24.4. The molecule has 0 saturated carbocycles. The number of benzene rings is 6. The summed E-state index contributed by atoms with van der Waals surface area (Å²) >= 11 is 3.77. The van der Waals surface area contributed by atoms with Crippen molar-refractivity contribution in [3.63, 3.8) is 0 Å². The lowest BCUT2D eigenvalue weighted by atomic mass is 10.0. The highest BCUT2D eigenvalue weighted by atomic mass is 127. The number of anilines is 2. The lowest BCUT2D eigenvalue weighted by Crippen LogP contribution is -2.02. The fourth-order valence-electron chi connectivity index (χ4n) is 5.65. The summed E-state index contributed by atoms with van der Waals surface area (Å²) in [4.78, 5) is -0.928. The highest BCUT2D eigenvalue weighted by molar-refractivity contribution is 14.1. The van der Waals surface area contributed by atoms with E-state index in [1.165, 1.54) is 24.3 Å². The van der Waals surface area contributed by atoms with E-state index < -0.39 is 30.0 Å². The zero-order valence-corrected chi connectivity index (χ0v) is 32.8. The van der Waals surface area contributed by atoms with Crippen molar-refractivity contribution in [2.75, 3.05) is 11.5 Å². The number of fused-ring (bicyclic) bond motifs is 2. The predicted octanol–water partition coefficient (Wildman–Crippen LogP) is 9.39.